The molecule has 2 heterocycles. The third-order valence-corrected chi connectivity index (χ3v) is 5.94. The molecule has 1 amide bonds. The maximum absolute atomic E-state index is 11.5. The minimum atomic E-state index is -1.01. The number of hydrogen-bond donors (Lipinski definition) is 3. The summed E-state index contributed by atoms with van der Waals surface area (Å²) < 4.78 is 5.84. The van der Waals surface area contributed by atoms with E-state index in [9.17, 15) is 14.7 Å². The normalized spacial score (nSPS) is 13.6. The number of carboxylic acid groups (broad SMARTS) is 1. The van der Waals surface area contributed by atoms with Crippen LogP contribution in [0.5, 0.6) is 5.75 Å². The summed E-state index contributed by atoms with van der Waals surface area (Å²) in [6.07, 6.45) is 5.46. The van der Waals surface area contributed by atoms with Gasteiger partial charge in [0.2, 0.25) is 5.91 Å². The molecular weight excluding hydrogens is 432 g/mol. The van der Waals surface area contributed by atoms with E-state index in [1.54, 1.807) is 0 Å². The molecule has 0 bridgehead atoms. The first kappa shape index (κ1) is 25.5. The van der Waals surface area contributed by atoms with E-state index in [0.29, 0.717) is 26.1 Å². The number of aromatic nitrogens is 1. The summed E-state index contributed by atoms with van der Waals surface area (Å²) in [6.45, 7) is 4.91. The summed E-state index contributed by atoms with van der Waals surface area (Å²) in [5.41, 5.74) is 2.40. The summed E-state index contributed by atoms with van der Waals surface area (Å²) in [5.74, 6) is 0.499. The molecule has 0 saturated heterocycles. The zero-order valence-electron chi connectivity index (χ0n) is 20.0. The quantitative estimate of drug-likeness (QED) is 0.366. The van der Waals surface area contributed by atoms with Gasteiger partial charge in [0.05, 0.1) is 0 Å². The van der Waals surface area contributed by atoms with Crippen LogP contribution >= 0.6 is 0 Å². The van der Waals surface area contributed by atoms with Crippen LogP contribution in [0.2, 0.25) is 0 Å². The lowest BCUT2D eigenvalue weighted by Crippen LogP contribution is -2.42. The van der Waals surface area contributed by atoms with Gasteiger partial charge in [0, 0.05) is 32.3 Å². The number of aliphatic carboxylic acids is 1. The van der Waals surface area contributed by atoms with Crippen molar-refractivity contribution >= 4 is 17.7 Å². The van der Waals surface area contributed by atoms with Crippen molar-refractivity contribution in [2.45, 2.75) is 51.5 Å². The number of anilines is 1. The second-order valence-corrected chi connectivity index (χ2v) is 8.68. The number of amides is 1. The zero-order valence-corrected chi connectivity index (χ0v) is 20.0. The lowest BCUT2D eigenvalue weighted by Gasteiger charge is -2.24. The standard InChI is InChI=1S/C26H36N4O4/c1-20(31)28-24(26(32)33)14-17-30(18-19-34-23-10-3-2-4-11-23)16-6-5-9-22-13-12-21-8-7-15-27-25(21)29-22/h2-4,10-13,24H,5-9,14-19H2,1H3,(H,27,29)(H,28,31)(H,32,33). The number of pyridine rings is 1. The van der Waals surface area contributed by atoms with Crippen LogP contribution in [-0.2, 0) is 22.4 Å². The van der Waals surface area contributed by atoms with Crippen LogP contribution in [0.25, 0.3) is 0 Å². The van der Waals surface area contributed by atoms with E-state index < -0.39 is 12.0 Å². The topological polar surface area (TPSA) is 104 Å². The second-order valence-electron chi connectivity index (χ2n) is 8.68. The van der Waals surface area contributed by atoms with Crippen LogP contribution in [0.4, 0.5) is 5.82 Å². The molecular formula is C26H36N4O4. The molecule has 8 heteroatoms. The van der Waals surface area contributed by atoms with E-state index >= 15 is 0 Å². The number of aryl methyl sites for hydroxylation is 2. The van der Waals surface area contributed by atoms with E-state index in [-0.39, 0.29) is 5.91 Å². The molecule has 1 atom stereocenters. The fourth-order valence-corrected chi connectivity index (χ4v) is 4.11. The maximum atomic E-state index is 11.5. The van der Waals surface area contributed by atoms with Crippen LogP contribution in [0, 0.1) is 0 Å². The van der Waals surface area contributed by atoms with Gasteiger partial charge in [0.15, 0.2) is 0 Å². The fraction of sp³-hybridized carbons (Fsp3) is 0.500. The van der Waals surface area contributed by atoms with Crippen LogP contribution < -0.4 is 15.4 Å². The van der Waals surface area contributed by atoms with Gasteiger partial charge in [-0.2, -0.15) is 0 Å². The highest BCUT2D eigenvalue weighted by Crippen LogP contribution is 2.20. The predicted molar refractivity (Wildman–Crippen MR) is 132 cm³/mol. The number of para-hydroxylation sites is 1. The summed E-state index contributed by atoms with van der Waals surface area (Å²) >= 11 is 0. The molecule has 0 fully saturated rings. The van der Waals surface area contributed by atoms with Crippen molar-refractivity contribution in [1.29, 1.82) is 0 Å². The fourth-order valence-electron chi connectivity index (χ4n) is 4.11. The molecule has 3 N–H and O–H groups in total. The molecule has 0 radical (unpaired) electrons. The van der Waals surface area contributed by atoms with E-state index in [1.807, 2.05) is 30.3 Å². The molecule has 8 nitrogen and oxygen atoms in total. The Bertz CT molecular complexity index is 922. The second kappa shape index (κ2) is 13.5. The van der Waals surface area contributed by atoms with Gasteiger partial charge in [0.1, 0.15) is 24.2 Å². The maximum Gasteiger partial charge on any atom is 0.326 e. The molecule has 1 aliphatic heterocycles. The van der Waals surface area contributed by atoms with Gasteiger partial charge >= 0.3 is 5.97 Å². The van der Waals surface area contributed by atoms with Crippen molar-refractivity contribution in [2.24, 2.45) is 0 Å². The van der Waals surface area contributed by atoms with E-state index in [0.717, 1.165) is 62.5 Å². The summed E-state index contributed by atoms with van der Waals surface area (Å²) in [4.78, 5) is 29.8. The minimum Gasteiger partial charge on any atom is -0.492 e. The SMILES string of the molecule is CC(=O)NC(CCN(CCCCc1ccc2c(n1)NCCC2)CCOc1ccccc1)C(=O)O. The summed E-state index contributed by atoms with van der Waals surface area (Å²) in [6, 6.07) is 13.1. The number of fused-ring (bicyclic) bond motifs is 1. The lowest BCUT2D eigenvalue weighted by molar-refractivity contribution is -0.141. The number of nitrogens with one attached hydrogen (secondary N) is 2. The van der Waals surface area contributed by atoms with Crippen molar-refractivity contribution in [3.63, 3.8) is 0 Å². The number of hydrogen-bond acceptors (Lipinski definition) is 6. The molecule has 0 saturated carbocycles. The highest BCUT2D eigenvalue weighted by molar-refractivity contribution is 5.82. The Morgan fingerprint density at radius 2 is 1.97 bits per heavy atom. The van der Waals surface area contributed by atoms with Crippen molar-refractivity contribution in [3.8, 4) is 5.75 Å². The van der Waals surface area contributed by atoms with Crippen molar-refractivity contribution in [2.75, 3.05) is 38.1 Å². The van der Waals surface area contributed by atoms with E-state index in [4.69, 9.17) is 9.72 Å². The Labute approximate surface area is 201 Å². The first-order chi connectivity index (χ1) is 16.5. The average Bonchev–Trinajstić information content (AvgIpc) is 2.84. The number of nitrogens with zero attached hydrogens (tertiary/aromatic N) is 2. The van der Waals surface area contributed by atoms with Crippen LogP contribution in [0.3, 0.4) is 0 Å². The molecule has 0 aliphatic carbocycles. The number of unbranched alkanes of at least 4 members (excludes halogenated alkanes) is 1. The third kappa shape index (κ3) is 8.67. The molecule has 2 aromatic rings. The molecule has 0 spiro atoms. The number of carboxylic acids is 1. The first-order valence-electron chi connectivity index (χ1n) is 12.1. The molecule has 184 valence electrons. The number of ether oxygens (including phenoxy) is 1. The van der Waals surface area contributed by atoms with Crippen LogP contribution in [0.15, 0.2) is 42.5 Å². The smallest absolute Gasteiger partial charge is 0.326 e. The van der Waals surface area contributed by atoms with Gasteiger partial charge in [-0.1, -0.05) is 24.3 Å². The summed E-state index contributed by atoms with van der Waals surface area (Å²) in [5, 5.41) is 15.3. The Hall–Kier alpha value is -3.13. The monoisotopic (exact) mass is 468 g/mol. The Balaban J connectivity index is 1.48. The van der Waals surface area contributed by atoms with Gasteiger partial charge in [-0.25, -0.2) is 9.78 Å². The van der Waals surface area contributed by atoms with Gasteiger partial charge in [0.25, 0.3) is 0 Å². The van der Waals surface area contributed by atoms with E-state index in [2.05, 4.69) is 27.7 Å². The Kier molecular flexibility index (Phi) is 10.2. The average molecular weight is 469 g/mol. The van der Waals surface area contributed by atoms with E-state index in [1.165, 1.54) is 12.5 Å². The molecule has 34 heavy (non-hydrogen) atoms. The number of carbonyl (C=O) groups excluding carboxylic acids is 1. The number of carbonyl (C=O) groups is 2. The van der Waals surface area contributed by atoms with Gasteiger partial charge in [-0.05, 0) is 68.8 Å². The number of rotatable bonds is 14. The molecule has 3 rings (SSSR count). The molecule has 1 aliphatic rings. The van der Waals surface area contributed by atoms with Crippen molar-refractivity contribution < 1.29 is 19.4 Å². The van der Waals surface area contributed by atoms with Gasteiger partial charge in [-0.15, -0.1) is 0 Å². The first-order valence-corrected chi connectivity index (χ1v) is 12.1. The third-order valence-electron chi connectivity index (χ3n) is 5.94. The highest BCUT2D eigenvalue weighted by atomic mass is 16.5. The Morgan fingerprint density at radius 3 is 2.74 bits per heavy atom. The highest BCUT2D eigenvalue weighted by Gasteiger charge is 2.19. The predicted octanol–water partition coefficient (Wildman–Crippen LogP) is 3.12. The van der Waals surface area contributed by atoms with Gasteiger partial charge < -0.3 is 20.5 Å². The molecule has 1 aromatic carbocycles. The Morgan fingerprint density at radius 1 is 1.15 bits per heavy atom. The number of benzene rings is 1. The van der Waals surface area contributed by atoms with Gasteiger partial charge in [-0.3, -0.25) is 9.69 Å². The zero-order chi connectivity index (χ0) is 24.2. The molecule has 1 unspecified atom stereocenters. The van der Waals surface area contributed by atoms with Crippen molar-refractivity contribution in [1.82, 2.24) is 15.2 Å². The van der Waals surface area contributed by atoms with Crippen molar-refractivity contribution in [3.05, 3.63) is 53.7 Å². The largest absolute Gasteiger partial charge is 0.492 e. The van der Waals surface area contributed by atoms with Crippen LogP contribution in [-0.4, -0.2) is 65.7 Å². The summed E-state index contributed by atoms with van der Waals surface area (Å²) in [7, 11) is 0. The minimum absolute atomic E-state index is 0.335. The molecule has 1 aromatic heterocycles. The van der Waals surface area contributed by atoms with Crippen LogP contribution in [0.1, 0.15) is 43.9 Å². The lowest BCUT2D eigenvalue weighted by atomic mass is 10.1.